The maximum Gasteiger partial charge on any atom is 0.253 e. The second-order valence-corrected chi connectivity index (χ2v) is 6.50. The Labute approximate surface area is 144 Å². The Hall–Kier alpha value is -2.74. The Morgan fingerprint density at radius 2 is 2.04 bits per heavy atom. The van der Waals surface area contributed by atoms with Gasteiger partial charge in [0.1, 0.15) is 23.0 Å². The van der Waals surface area contributed by atoms with E-state index in [1.54, 1.807) is 24.4 Å². The predicted molar refractivity (Wildman–Crippen MR) is 90.7 cm³/mol. The van der Waals surface area contributed by atoms with Crippen molar-refractivity contribution >= 4 is 16.9 Å². The number of aliphatic hydroxyl groups excluding tert-OH is 1. The average Bonchev–Trinajstić information content (AvgIpc) is 3.28. The predicted octanol–water partition coefficient (Wildman–Crippen LogP) is 1.28. The van der Waals surface area contributed by atoms with Gasteiger partial charge in [-0.25, -0.2) is 4.98 Å². The minimum absolute atomic E-state index is 0.00479. The number of aryl methyl sites for hydroxylation is 1. The lowest BCUT2D eigenvalue weighted by molar-refractivity contribution is 0.0420. The Morgan fingerprint density at radius 3 is 2.76 bits per heavy atom. The van der Waals surface area contributed by atoms with Crippen molar-refractivity contribution in [2.75, 3.05) is 13.1 Å². The third-order valence-electron chi connectivity index (χ3n) is 4.96. The van der Waals surface area contributed by atoms with E-state index in [9.17, 15) is 9.90 Å². The molecular formula is C17H20N6O2. The maximum absolute atomic E-state index is 12.7. The van der Waals surface area contributed by atoms with Gasteiger partial charge in [-0.2, -0.15) is 15.4 Å². The smallest absolute Gasteiger partial charge is 0.253 e. The van der Waals surface area contributed by atoms with Gasteiger partial charge in [-0.1, -0.05) is 0 Å². The lowest BCUT2D eigenvalue weighted by Gasteiger charge is -2.34. The molecular weight excluding hydrogens is 320 g/mol. The highest BCUT2D eigenvalue weighted by atomic mass is 16.3. The minimum atomic E-state index is -0.594. The summed E-state index contributed by atoms with van der Waals surface area (Å²) in [6, 6.07) is 5.33. The number of nitrogens with one attached hydrogen (secondary N) is 1. The number of hydrogen-bond donors (Lipinski definition) is 2. The molecule has 0 saturated carbocycles. The van der Waals surface area contributed by atoms with Crippen molar-refractivity contribution < 1.29 is 9.90 Å². The molecule has 0 unspecified atom stereocenters. The summed E-state index contributed by atoms with van der Waals surface area (Å²) < 4.78 is 1.84. The van der Waals surface area contributed by atoms with Gasteiger partial charge in [0.25, 0.3) is 5.91 Å². The zero-order valence-electron chi connectivity index (χ0n) is 14.0. The standard InChI is InChI=1S/C17H20N6O2/c1-22-9-6-18-16(22)15(24)11-4-7-23(8-5-11)17(25)12-2-3-13-14(10-12)20-21-19-13/h2-3,6,9-11,15,24H,4-5,7-8H2,1H3,(H,19,20,21)/t15-/m0/s1. The number of carbonyl (C=O) groups excluding carboxylic acids is 1. The molecule has 8 heteroatoms. The summed E-state index contributed by atoms with van der Waals surface area (Å²) in [5.74, 6) is 0.791. The molecule has 2 N–H and O–H groups in total. The van der Waals surface area contributed by atoms with Gasteiger partial charge in [0.2, 0.25) is 0 Å². The third kappa shape index (κ3) is 2.89. The molecule has 3 heterocycles. The lowest BCUT2D eigenvalue weighted by Crippen LogP contribution is -2.40. The Balaban J connectivity index is 1.42. The third-order valence-corrected chi connectivity index (χ3v) is 4.96. The number of aliphatic hydroxyl groups is 1. The van der Waals surface area contributed by atoms with Crippen LogP contribution in [-0.4, -0.2) is 54.0 Å². The van der Waals surface area contributed by atoms with Gasteiger partial charge in [-0.05, 0) is 37.0 Å². The molecule has 2 aromatic heterocycles. The Morgan fingerprint density at radius 1 is 1.28 bits per heavy atom. The number of rotatable bonds is 3. The van der Waals surface area contributed by atoms with Crippen molar-refractivity contribution in [3.63, 3.8) is 0 Å². The van der Waals surface area contributed by atoms with E-state index in [0.717, 1.165) is 18.4 Å². The lowest BCUT2D eigenvalue weighted by atomic mass is 9.90. The molecule has 25 heavy (non-hydrogen) atoms. The highest BCUT2D eigenvalue weighted by molar-refractivity contribution is 5.97. The molecule has 1 fully saturated rings. The van der Waals surface area contributed by atoms with E-state index < -0.39 is 6.10 Å². The molecule has 130 valence electrons. The first kappa shape index (κ1) is 15.8. The number of carbonyl (C=O) groups is 1. The van der Waals surface area contributed by atoms with Gasteiger partial charge in [0, 0.05) is 38.1 Å². The van der Waals surface area contributed by atoms with Gasteiger partial charge >= 0.3 is 0 Å². The van der Waals surface area contributed by atoms with E-state index in [2.05, 4.69) is 20.4 Å². The first-order valence-corrected chi connectivity index (χ1v) is 8.38. The Bertz CT molecular complexity index is 893. The summed E-state index contributed by atoms with van der Waals surface area (Å²) in [6.45, 7) is 1.25. The van der Waals surface area contributed by atoms with Crippen LogP contribution in [0.2, 0.25) is 0 Å². The first-order valence-electron chi connectivity index (χ1n) is 8.38. The van der Waals surface area contributed by atoms with Crippen molar-refractivity contribution in [1.82, 2.24) is 29.9 Å². The van der Waals surface area contributed by atoms with Crippen LogP contribution in [0, 0.1) is 5.92 Å². The zero-order chi connectivity index (χ0) is 17.4. The topological polar surface area (TPSA) is 99.9 Å². The molecule has 1 aliphatic heterocycles. The summed E-state index contributed by atoms with van der Waals surface area (Å²) in [4.78, 5) is 18.8. The van der Waals surface area contributed by atoms with Crippen LogP contribution < -0.4 is 0 Å². The highest BCUT2D eigenvalue weighted by Crippen LogP contribution is 2.30. The molecule has 0 aliphatic carbocycles. The number of aromatic amines is 1. The molecule has 1 aliphatic rings. The van der Waals surface area contributed by atoms with Crippen LogP contribution in [0.1, 0.15) is 35.1 Å². The fraction of sp³-hybridized carbons (Fsp3) is 0.412. The SMILES string of the molecule is Cn1ccnc1[C@@H](O)C1CCN(C(=O)c2ccc3n[nH]nc3c2)CC1. The van der Waals surface area contributed by atoms with Crippen molar-refractivity contribution in [1.29, 1.82) is 0 Å². The number of hydrogen-bond acceptors (Lipinski definition) is 5. The van der Waals surface area contributed by atoms with Crippen LogP contribution in [0.5, 0.6) is 0 Å². The quantitative estimate of drug-likeness (QED) is 0.748. The second-order valence-electron chi connectivity index (χ2n) is 6.50. The minimum Gasteiger partial charge on any atom is -0.385 e. The zero-order valence-corrected chi connectivity index (χ0v) is 14.0. The second kappa shape index (κ2) is 6.29. The number of imidazole rings is 1. The first-order chi connectivity index (χ1) is 12.1. The summed E-state index contributed by atoms with van der Waals surface area (Å²) in [5, 5.41) is 21.1. The number of benzene rings is 1. The van der Waals surface area contributed by atoms with E-state index in [4.69, 9.17) is 0 Å². The average molecular weight is 340 g/mol. The van der Waals surface area contributed by atoms with Crippen LogP contribution in [0.3, 0.4) is 0 Å². The number of piperidine rings is 1. The molecule has 8 nitrogen and oxygen atoms in total. The number of likely N-dealkylation sites (tertiary alicyclic amines) is 1. The van der Waals surface area contributed by atoms with Crippen LogP contribution in [0.4, 0.5) is 0 Å². The van der Waals surface area contributed by atoms with E-state index in [0.29, 0.717) is 30.0 Å². The van der Waals surface area contributed by atoms with E-state index in [1.165, 1.54) is 0 Å². The molecule has 0 spiro atoms. The van der Waals surface area contributed by atoms with E-state index in [-0.39, 0.29) is 11.8 Å². The van der Waals surface area contributed by atoms with Crippen LogP contribution in [-0.2, 0) is 7.05 Å². The Kier molecular flexibility index (Phi) is 3.96. The van der Waals surface area contributed by atoms with Crippen LogP contribution in [0.25, 0.3) is 11.0 Å². The van der Waals surface area contributed by atoms with Crippen LogP contribution in [0.15, 0.2) is 30.6 Å². The molecule has 4 rings (SSSR count). The normalized spacial score (nSPS) is 17.1. The number of H-pyrrole nitrogens is 1. The fourth-order valence-electron chi connectivity index (χ4n) is 3.45. The van der Waals surface area contributed by atoms with E-state index >= 15 is 0 Å². The van der Waals surface area contributed by atoms with Crippen molar-refractivity contribution in [3.05, 3.63) is 42.0 Å². The molecule has 1 aromatic carbocycles. The summed E-state index contributed by atoms with van der Waals surface area (Å²) in [6.07, 6.45) is 4.44. The highest BCUT2D eigenvalue weighted by Gasteiger charge is 2.30. The summed E-state index contributed by atoms with van der Waals surface area (Å²) >= 11 is 0. The van der Waals surface area contributed by atoms with Gasteiger partial charge in [0.05, 0.1) is 0 Å². The molecule has 1 amide bonds. The monoisotopic (exact) mass is 340 g/mol. The number of aromatic nitrogens is 5. The van der Waals surface area contributed by atoms with E-state index in [1.807, 2.05) is 22.7 Å². The van der Waals surface area contributed by atoms with Gasteiger partial charge < -0.3 is 14.6 Å². The fourth-order valence-corrected chi connectivity index (χ4v) is 3.45. The largest absolute Gasteiger partial charge is 0.385 e. The van der Waals surface area contributed by atoms with Gasteiger partial charge in [0.15, 0.2) is 0 Å². The van der Waals surface area contributed by atoms with Crippen molar-refractivity contribution in [2.45, 2.75) is 18.9 Å². The van der Waals surface area contributed by atoms with Crippen molar-refractivity contribution in [2.24, 2.45) is 13.0 Å². The van der Waals surface area contributed by atoms with Gasteiger partial charge in [-0.3, -0.25) is 4.79 Å². The van der Waals surface area contributed by atoms with Gasteiger partial charge in [-0.15, -0.1) is 0 Å². The van der Waals surface area contributed by atoms with Crippen LogP contribution >= 0.6 is 0 Å². The molecule has 0 radical (unpaired) electrons. The number of amides is 1. The molecule has 0 bridgehead atoms. The van der Waals surface area contributed by atoms with Crippen molar-refractivity contribution in [3.8, 4) is 0 Å². The molecule has 3 aromatic rings. The number of fused-ring (bicyclic) bond motifs is 1. The molecule has 1 saturated heterocycles. The summed E-state index contributed by atoms with van der Waals surface area (Å²) in [5.41, 5.74) is 2.05. The number of nitrogens with zero attached hydrogens (tertiary/aromatic N) is 5. The maximum atomic E-state index is 12.7. The molecule has 1 atom stereocenters. The summed E-state index contributed by atoms with van der Waals surface area (Å²) in [7, 11) is 1.88.